The summed E-state index contributed by atoms with van der Waals surface area (Å²) in [4.78, 5) is 2.51. The van der Waals surface area contributed by atoms with Crippen molar-refractivity contribution >= 4 is 5.69 Å². The Bertz CT molecular complexity index is 454. The van der Waals surface area contributed by atoms with Crippen LogP contribution in [0, 0.1) is 5.41 Å². The summed E-state index contributed by atoms with van der Waals surface area (Å²) in [5.74, 6) is 1.04. The number of rotatable bonds is 4. The monoisotopic (exact) mass is 288 g/mol. The van der Waals surface area contributed by atoms with Crippen molar-refractivity contribution in [1.82, 2.24) is 0 Å². The Labute approximate surface area is 128 Å². The summed E-state index contributed by atoms with van der Waals surface area (Å²) in [5.41, 5.74) is 7.79. The number of benzene rings is 1. The van der Waals surface area contributed by atoms with Crippen LogP contribution in [0.25, 0.3) is 0 Å². The minimum Gasteiger partial charge on any atom is -0.491 e. The average Bonchev–Trinajstić information content (AvgIpc) is 2.76. The predicted octanol–water partition coefficient (Wildman–Crippen LogP) is 3.57. The van der Waals surface area contributed by atoms with Gasteiger partial charge in [0.05, 0.1) is 12.3 Å². The Kier molecular flexibility index (Phi) is 4.69. The molecule has 1 fully saturated rings. The van der Waals surface area contributed by atoms with Crippen molar-refractivity contribution in [1.29, 1.82) is 0 Å². The molecule has 0 unspecified atom stereocenters. The maximum absolute atomic E-state index is 6.14. The van der Waals surface area contributed by atoms with Crippen molar-refractivity contribution in [2.75, 3.05) is 31.1 Å². The Hall–Kier alpha value is -1.22. The SMILES string of the molecule is NCC1(CCN2CCCOc3ccccc32)CCCCC1. The number of hydrogen-bond donors (Lipinski definition) is 1. The fourth-order valence-corrected chi connectivity index (χ4v) is 3.86. The lowest BCUT2D eigenvalue weighted by Crippen LogP contribution is -2.37. The first-order valence-electron chi connectivity index (χ1n) is 8.50. The van der Waals surface area contributed by atoms with Gasteiger partial charge in [0.25, 0.3) is 0 Å². The van der Waals surface area contributed by atoms with E-state index in [2.05, 4.69) is 29.2 Å². The lowest BCUT2D eigenvalue weighted by atomic mass is 9.72. The van der Waals surface area contributed by atoms with Crippen LogP contribution in [0.2, 0.25) is 0 Å². The first kappa shape index (κ1) is 14.7. The van der Waals surface area contributed by atoms with Crippen LogP contribution in [0.15, 0.2) is 24.3 Å². The number of nitrogens with zero attached hydrogens (tertiary/aromatic N) is 1. The first-order valence-corrected chi connectivity index (χ1v) is 8.50. The molecular weight excluding hydrogens is 260 g/mol. The molecule has 0 spiro atoms. The molecule has 0 atom stereocenters. The minimum absolute atomic E-state index is 0.389. The molecule has 1 heterocycles. The van der Waals surface area contributed by atoms with Crippen LogP contribution in [-0.4, -0.2) is 26.2 Å². The summed E-state index contributed by atoms with van der Waals surface area (Å²) in [5, 5.41) is 0. The van der Waals surface area contributed by atoms with Gasteiger partial charge in [0.1, 0.15) is 5.75 Å². The summed E-state index contributed by atoms with van der Waals surface area (Å²) in [6.45, 7) is 3.88. The number of ether oxygens (including phenoxy) is 1. The highest BCUT2D eigenvalue weighted by atomic mass is 16.5. The Morgan fingerprint density at radius 3 is 2.71 bits per heavy atom. The number of para-hydroxylation sites is 2. The second-order valence-electron chi connectivity index (χ2n) is 6.67. The molecule has 116 valence electrons. The van der Waals surface area contributed by atoms with E-state index in [-0.39, 0.29) is 0 Å². The third-order valence-electron chi connectivity index (χ3n) is 5.30. The van der Waals surface area contributed by atoms with Crippen molar-refractivity contribution in [2.45, 2.75) is 44.9 Å². The van der Waals surface area contributed by atoms with Crippen LogP contribution >= 0.6 is 0 Å². The third kappa shape index (κ3) is 3.34. The molecule has 3 rings (SSSR count). The molecule has 2 aliphatic rings. The maximum atomic E-state index is 6.14. The van der Waals surface area contributed by atoms with E-state index >= 15 is 0 Å². The summed E-state index contributed by atoms with van der Waals surface area (Å²) in [6, 6.07) is 8.45. The molecule has 0 bridgehead atoms. The molecule has 1 aliphatic carbocycles. The molecule has 0 radical (unpaired) electrons. The van der Waals surface area contributed by atoms with Gasteiger partial charge < -0.3 is 15.4 Å². The van der Waals surface area contributed by atoms with Gasteiger partial charge in [0.15, 0.2) is 0 Å². The zero-order valence-electron chi connectivity index (χ0n) is 13.0. The van der Waals surface area contributed by atoms with Crippen LogP contribution < -0.4 is 15.4 Å². The van der Waals surface area contributed by atoms with Crippen molar-refractivity contribution < 1.29 is 4.74 Å². The highest BCUT2D eigenvalue weighted by Crippen LogP contribution is 2.39. The molecule has 1 aromatic carbocycles. The Morgan fingerprint density at radius 1 is 1.10 bits per heavy atom. The molecular formula is C18H28N2O. The van der Waals surface area contributed by atoms with E-state index < -0.39 is 0 Å². The van der Waals surface area contributed by atoms with Crippen molar-refractivity contribution in [2.24, 2.45) is 11.1 Å². The topological polar surface area (TPSA) is 38.5 Å². The molecule has 1 aromatic rings. The van der Waals surface area contributed by atoms with Gasteiger partial charge in [-0.2, -0.15) is 0 Å². The molecule has 1 aliphatic heterocycles. The molecule has 0 amide bonds. The van der Waals surface area contributed by atoms with Gasteiger partial charge in [-0.15, -0.1) is 0 Å². The van der Waals surface area contributed by atoms with E-state index in [1.54, 1.807) is 0 Å². The summed E-state index contributed by atoms with van der Waals surface area (Å²) in [7, 11) is 0. The Morgan fingerprint density at radius 2 is 1.90 bits per heavy atom. The second-order valence-corrected chi connectivity index (χ2v) is 6.67. The van der Waals surface area contributed by atoms with Gasteiger partial charge in [-0.1, -0.05) is 31.4 Å². The number of hydrogen-bond acceptors (Lipinski definition) is 3. The lowest BCUT2D eigenvalue weighted by Gasteiger charge is -2.38. The van der Waals surface area contributed by atoms with Gasteiger partial charge in [-0.3, -0.25) is 0 Å². The second kappa shape index (κ2) is 6.69. The lowest BCUT2D eigenvalue weighted by molar-refractivity contribution is 0.184. The molecule has 0 saturated heterocycles. The molecule has 3 heteroatoms. The molecule has 21 heavy (non-hydrogen) atoms. The molecule has 2 N–H and O–H groups in total. The van der Waals surface area contributed by atoms with Crippen molar-refractivity contribution in [3.05, 3.63) is 24.3 Å². The van der Waals surface area contributed by atoms with E-state index in [4.69, 9.17) is 10.5 Å². The normalized spacial score (nSPS) is 21.3. The van der Waals surface area contributed by atoms with E-state index in [9.17, 15) is 0 Å². The fourth-order valence-electron chi connectivity index (χ4n) is 3.86. The van der Waals surface area contributed by atoms with Gasteiger partial charge >= 0.3 is 0 Å². The van der Waals surface area contributed by atoms with Crippen LogP contribution in [0.5, 0.6) is 5.75 Å². The molecule has 1 saturated carbocycles. The summed E-state index contributed by atoms with van der Waals surface area (Å²) < 4.78 is 5.86. The quantitative estimate of drug-likeness (QED) is 0.920. The summed E-state index contributed by atoms with van der Waals surface area (Å²) >= 11 is 0. The number of anilines is 1. The van der Waals surface area contributed by atoms with E-state index in [1.807, 2.05) is 0 Å². The van der Waals surface area contributed by atoms with Crippen LogP contribution in [0.4, 0.5) is 5.69 Å². The molecule has 0 aromatic heterocycles. The fraction of sp³-hybridized carbons (Fsp3) is 0.667. The first-order chi connectivity index (χ1) is 10.3. The van der Waals surface area contributed by atoms with E-state index in [0.29, 0.717) is 5.41 Å². The minimum atomic E-state index is 0.389. The van der Waals surface area contributed by atoms with E-state index in [1.165, 1.54) is 44.2 Å². The van der Waals surface area contributed by atoms with Crippen molar-refractivity contribution in [3.8, 4) is 5.75 Å². The van der Waals surface area contributed by atoms with Crippen molar-refractivity contribution in [3.63, 3.8) is 0 Å². The largest absolute Gasteiger partial charge is 0.491 e. The van der Waals surface area contributed by atoms with Gasteiger partial charge in [0.2, 0.25) is 0 Å². The standard InChI is InChI=1S/C18H28N2O/c19-15-18(9-4-1-5-10-18)11-13-20-12-6-14-21-17-8-3-2-7-16(17)20/h2-3,7-8H,1,4-6,9-15,19H2. The highest BCUT2D eigenvalue weighted by Gasteiger charge is 2.31. The third-order valence-corrected chi connectivity index (χ3v) is 5.30. The van der Waals surface area contributed by atoms with Gasteiger partial charge in [0, 0.05) is 13.1 Å². The zero-order chi connectivity index (χ0) is 14.5. The van der Waals surface area contributed by atoms with Crippen LogP contribution in [0.3, 0.4) is 0 Å². The van der Waals surface area contributed by atoms with Crippen LogP contribution in [-0.2, 0) is 0 Å². The summed E-state index contributed by atoms with van der Waals surface area (Å²) in [6.07, 6.45) is 9.06. The molecule has 3 nitrogen and oxygen atoms in total. The average molecular weight is 288 g/mol. The van der Waals surface area contributed by atoms with Crippen LogP contribution in [0.1, 0.15) is 44.9 Å². The van der Waals surface area contributed by atoms with Gasteiger partial charge in [-0.25, -0.2) is 0 Å². The van der Waals surface area contributed by atoms with E-state index in [0.717, 1.165) is 38.4 Å². The zero-order valence-corrected chi connectivity index (χ0v) is 13.0. The predicted molar refractivity (Wildman–Crippen MR) is 88.0 cm³/mol. The highest BCUT2D eigenvalue weighted by molar-refractivity contribution is 5.58. The number of fused-ring (bicyclic) bond motifs is 1. The smallest absolute Gasteiger partial charge is 0.142 e. The Balaban J connectivity index is 1.69. The number of nitrogens with two attached hydrogens (primary N) is 1. The van der Waals surface area contributed by atoms with Gasteiger partial charge in [-0.05, 0) is 49.8 Å². The maximum Gasteiger partial charge on any atom is 0.142 e.